The lowest BCUT2D eigenvalue weighted by Crippen LogP contribution is -2.22. The summed E-state index contributed by atoms with van der Waals surface area (Å²) in [5, 5.41) is 16.0. The molecule has 1 aromatic carbocycles. The smallest absolute Gasteiger partial charge is 0.263 e. The second-order valence-electron chi connectivity index (χ2n) is 4.39. The SMILES string of the molecule is Cc1cc(Cl)ccc1OCC(=O)Nc1c(C#N)cnn1C. The number of anilines is 1. The Bertz CT molecular complexity index is 718. The number of ether oxygens (including phenoxy) is 1. The summed E-state index contributed by atoms with van der Waals surface area (Å²) in [5.41, 5.74) is 1.14. The first-order valence-electron chi connectivity index (χ1n) is 6.12. The van der Waals surface area contributed by atoms with E-state index in [1.165, 1.54) is 10.9 Å². The molecule has 0 bridgehead atoms. The summed E-state index contributed by atoms with van der Waals surface area (Å²) in [7, 11) is 1.64. The summed E-state index contributed by atoms with van der Waals surface area (Å²) in [6.45, 7) is 1.67. The van der Waals surface area contributed by atoms with Gasteiger partial charge in [-0.1, -0.05) is 11.6 Å². The lowest BCUT2D eigenvalue weighted by molar-refractivity contribution is -0.118. The quantitative estimate of drug-likeness (QED) is 0.939. The number of nitrogens with one attached hydrogen (secondary N) is 1. The monoisotopic (exact) mass is 304 g/mol. The molecule has 0 aliphatic rings. The average Bonchev–Trinajstić information content (AvgIpc) is 2.78. The van der Waals surface area contributed by atoms with Crippen LogP contribution in [0.3, 0.4) is 0 Å². The predicted octanol–water partition coefficient (Wildman–Crippen LogP) is 2.27. The van der Waals surface area contributed by atoms with Gasteiger partial charge in [0.25, 0.3) is 5.91 Å². The molecule has 2 rings (SSSR count). The molecule has 1 amide bonds. The summed E-state index contributed by atoms with van der Waals surface area (Å²) in [6, 6.07) is 7.11. The fraction of sp³-hybridized carbons (Fsp3) is 0.214. The number of hydrogen-bond acceptors (Lipinski definition) is 4. The van der Waals surface area contributed by atoms with Gasteiger partial charge in [-0.15, -0.1) is 0 Å². The van der Waals surface area contributed by atoms with E-state index in [1.54, 1.807) is 25.2 Å². The van der Waals surface area contributed by atoms with Crippen molar-refractivity contribution in [2.45, 2.75) is 6.92 Å². The minimum absolute atomic E-state index is 0.168. The maximum atomic E-state index is 11.9. The minimum atomic E-state index is -0.371. The van der Waals surface area contributed by atoms with Gasteiger partial charge >= 0.3 is 0 Å². The molecule has 21 heavy (non-hydrogen) atoms. The number of nitriles is 1. The van der Waals surface area contributed by atoms with Crippen LogP contribution >= 0.6 is 11.6 Å². The maximum Gasteiger partial charge on any atom is 0.263 e. The highest BCUT2D eigenvalue weighted by Gasteiger charge is 2.12. The topological polar surface area (TPSA) is 79.9 Å². The van der Waals surface area contributed by atoms with E-state index in [-0.39, 0.29) is 12.5 Å². The van der Waals surface area contributed by atoms with E-state index in [1.807, 2.05) is 13.0 Å². The average molecular weight is 305 g/mol. The van der Waals surface area contributed by atoms with E-state index in [4.69, 9.17) is 21.6 Å². The second-order valence-corrected chi connectivity index (χ2v) is 4.83. The molecule has 0 saturated carbocycles. The maximum absolute atomic E-state index is 11.9. The van der Waals surface area contributed by atoms with E-state index >= 15 is 0 Å². The molecule has 1 aromatic heterocycles. The van der Waals surface area contributed by atoms with Crippen molar-refractivity contribution in [3.63, 3.8) is 0 Å². The normalized spacial score (nSPS) is 10.0. The zero-order valence-electron chi connectivity index (χ0n) is 11.6. The third kappa shape index (κ3) is 3.52. The number of hydrogen-bond donors (Lipinski definition) is 1. The molecule has 108 valence electrons. The third-order valence-electron chi connectivity index (χ3n) is 2.81. The van der Waals surface area contributed by atoms with Crippen LogP contribution in [0.1, 0.15) is 11.1 Å². The molecule has 0 fully saturated rings. The molecule has 6 nitrogen and oxygen atoms in total. The van der Waals surface area contributed by atoms with Gasteiger partial charge in [0.05, 0.1) is 6.20 Å². The van der Waals surface area contributed by atoms with Gasteiger partial charge in [-0.2, -0.15) is 10.4 Å². The van der Waals surface area contributed by atoms with Crippen molar-refractivity contribution < 1.29 is 9.53 Å². The number of carbonyl (C=O) groups excluding carboxylic acids is 1. The number of aryl methyl sites for hydroxylation is 2. The zero-order chi connectivity index (χ0) is 15.4. The van der Waals surface area contributed by atoms with Crippen LogP contribution in [-0.2, 0) is 11.8 Å². The van der Waals surface area contributed by atoms with E-state index in [2.05, 4.69) is 10.4 Å². The van der Waals surface area contributed by atoms with Gasteiger partial charge in [-0.3, -0.25) is 9.48 Å². The van der Waals surface area contributed by atoms with Crippen molar-refractivity contribution in [2.24, 2.45) is 7.05 Å². The van der Waals surface area contributed by atoms with Crippen molar-refractivity contribution in [2.75, 3.05) is 11.9 Å². The Labute approximate surface area is 126 Å². The van der Waals surface area contributed by atoms with E-state index in [0.717, 1.165) is 5.56 Å². The number of amides is 1. The fourth-order valence-corrected chi connectivity index (χ4v) is 1.98. The Morgan fingerprint density at radius 2 is 2.33 bits per heavy atom. The van der Waals surface area contributed by atoms with Crippen LogP contribution in [0, 0.1) is 18.3 Å². The lowest BCUT2D eigenvalue weighted by Gasteiger charge is -2.10. The highest BCUT2D eigenvalue weighted by molar-refractivity contribution is 6.30. The Kier molecular flexibility index (Phi) is 4.45. The number of nitrogens with zero attached hydrogens (tertiary/aromatic N) is 3. The first-order valence-corrected chi connectivity index (χ1v) is 6.50. The van der Waals surface area contributed by atoms with Crippen LogP contribution in [0.25, 0.3) is 0 Å². The van der Waals surface area contributed by atoms with Crippen molar-refractivity contribution in [3.05, 3.63) is 40.5 Å². The Balaban J connectivity index is 1.99. The lowest BCUT2D eigenvalue weighted by atomic mass is 10.2. The van der Waals surface area contributed by atoms with Gasteiger partial charge in [0.2, 0.25) is 0 Å². The first-order chi connectivity index (χ1) is 10.0. The summed E-state index contributed by atoms with van der Waals surface area (Å²) < 4.78 is 6.85. The first kappa shape index (κ1) is 14.9. The van der Waals surface area contributed by atoms with Gasteiger partial charge in [-0.05, 0) is 30.7 Å². The van der Waals surface area contributed by atoms with Crippen LogP contribution in [0.4, 0.5) is 5.82 Å². The van der Waals surface area contributed by atoms with E-state index in [0.29, 0.717) is 22.2 Å². The van der Waals surface area contributed by atoms with Crippen LogP contribution in [0.2, 0.25) is 5.02 Å². The largest absolute Gasteiger partial charge is 0.483 e. The standard InChI is InChI=1S/C14H13ClN4O2/c1-9-5-11(15)3-4-12(9)21-8-13(20)18-14-10(6-16)7-17-19(14)2/h3-5,7H,8H2,1-2H3,(H,18,20). The van der Waals surface area contributed by atoms with Gasteiger partial charge in [-0.25, -0.2) is 0 Å². The van der Waals surface area contributed by atoms with Crippen LogP contribution < -0.4 is 10.1 Å². The Morgan fingerprint density at radius 1 is 1.57 bits per heavy atom. The van der Waals surface area contributed by atoms with Gasteiger partial charge in [0.1, 0.15) is 23.2 Å². The zero-order valence-corrected chi connectivity index (χ0v) is 12.3. The molecule has 0 atom stereocenters. The predicted molar refractivity (Wildman–Crippen MR) is 78.2 cm³/mol. The summed E-state index contributed by atoms with van der Waals surface area (Å²) >= 11 is 5.85. The minimum Gasteiger partial charge on any atom is -0.483 e. The molecule has 7 heteroatoms. The second kappa shape index (κ2) is 6.29. The molecule has 0 aliphatic carbocycles. The summed E-state index contributed by atoms with van der Waals surface area (Å²) in [6.07, 6.45) is 1.39. The van der Waals surface area contributed by atoms with Crippen molar-refractivity contribution >= 4 is 23.3 Å². The molecule has 1 heterocycles. The highest BCUT2D eigenvalue weighted by Crippen LogP contribution is 2.21. The molecule has 0 unspecified atom stereocenters. The number of benzene rings is 1. The van der Waals surface area contributed by atoms with E-state index in [9.17, 15) is 4.79 Å². The van der Waals surface area contributed by atoms with Crippen LogP contribution in [-0.4, -0.2) is 22.3 Å². The van der Waals surface area contributed by atoms with E-state index < -0.39 is 0 Å². The molecule has 0 saturated heterocycles. The highest BCUT2D eigenvalue weighted by atomic mass is 35.5. The molecule has 2 aromatic rings. The summed E-state index contributed by atoms with van der Waals surface area (Å²) in [5.74, 6) is 0.559. The molecule has 0 aliphatic heterocycles. The molecular weight excluding hydrogens is 292 g/mol. The summed E-state index contributed by atoms with van der Waals surface area (Å²) in [4.78, 5) is 11.9. The molecule has 0 radical (unpaired) electrons. The Morgan fingerprint density at radius 3 is 3.00 bits per heavy atom. The van der Waals surface area contributed by atoms with Crippen molar-refractivity contribution in [3.8, 4) is 11.8 Å². The molecular formula is C14H13ClN4O2. The van der Waals surface area contributed by atoms with Crippen molar-refractivity contribution in [1.29, 1.82) is 5.26 Å². The fourth-order valence-electron chi connectivity index (χ4n) is 1.75. The number of carbonyl (C=O) groups is 1. The van der Waals surface area contributed by atoms with Gasteiger partial charge < -0.3 is 10.1 Å². The molecule has 0 spiro atoms. The van der Waals surface area contributed by atoms with Crippen molar-refractivity contribution in [1.82, 2.24) is 9.78 Å². The number of rotatable bonds is 4. The van der Waals surface area contributed by atoms with Crippen LogP contribution in [0.5, 0.6) is 5.75 Å². The van der Waals surface area contributed by atoms with Gasteiger partial charge in [0, 0.05) is 12.1 Å². The molecule has 1 N–H and O–H groups in total. The van der Waals surface area contributed by atoms with Gasteiger partial charge in [0.15, 0.2) is 6.61 Å². The Hall–Kier alpha value is -2.52. The third-order valence-corrected chi connectivity index (χ3v) is 3.05. The number of aromatic nitrogens is 2. The van der Waals surface area contributed by atoms with Crippen LogP contribution in [0.15, 0.2) is 24.4 Å². The number of halogens is 1.